The van der Waals surface area contributed by atoms with Gasteiger partial charge in [0.2, 0.25) is 0 Å². The van der Waals surface area contributed by atoms with Crippen molar-refractivity contribution in [3.05, 3.63) is 38.9 Å². The maximum absolute atomic E-state index is 12.0. The minimum atomic E-state index is -4.21. The highest BCUT2D eigenvalue weighted by molar-refractivity contribution is 6.32. The van der Waals surface area contributed by atoms with Gasteiger partial charge in [-0.15, -0.1) is 0 Å². The molecule has 0 saturated heterocycles. The van der Waals surface area contributed by atoms with Crippen LogP contribution in [0.5, 0.6) is 0 Å². The monoisotopic (exact) mass is 296 g/mol. The van der Waals surface area contributed by atoms with Crippen LogP contribution in [-0.4, -0.2) is 29.6 Å². The molecule has 0 heterocycles. The molecule has 0 aliphatic rings. The fourth-order valence-corrected chi connectivity index (χ4v) is 1.69. The topological polar surface area (TPSA) is 46.4 Å². The molecule has 0 fully saturated rings. The van der Waals surface area contributed by atoms with Crippen LogP contribution >= 0.6 is 11.6 Å². The standard InChI is InChI=1S/C11H12ClF3N2O2/c1-16(5-4-11(13,14)15)7-8-2-3-9(12)10(6-8)17(18)19/h2-3,6H,4-5,7H2,1H3. The van der Waals surface area contributed by atoms with Crippen LogP contribution in [0.2, 0.25) is 5.02 Å². The van der Waals surface area contributed by atoms with Crippen LogP contribution in [0.15, 0.2) is 18.2 Å². The van der Waals surface area contributed by atoms with E-state index in [1.54, 1.807) is 6.07 Å². The summed E-state index contributed by atoms with van der Waals surface area (Å²) in [7, 11) is 1.52. The van der Waals surface area contributed by atoms with Crippen LogP contribution in [0.3, 0.4) is 0 Å². The molecule has 4 nitrogen and oxygen atoms in total. The Morgan fingerprint density at radius 1 is 1.42 bits per heavy atom. The van der Waals surface area contributed by atoms with Gasteiger partial charge in [0.25, 0.3) is 5.69 Å². The van der Waals surface area contributed by atoms with Crippen molar-refractivity contribution in [2.24, 2.45) is 0 Å². The third kappa shape index (κ3) is 5.44. The molecule has 1 aromatic rings. The zero-order valence-corrected chi connectivity index (χ0v) is 10.8. The van der Waals surface area contributed by atoms with E-state index in [0.717, 1.165) is 0 Å². The highest BCUT2D eigenvalue weighted by Crippen LogP contribution is 2.26. The first-order valence-corrected chi connectivity index (χ1v) is 5.75. The molecule has 19 heavy (non-hydrogen) atoms. The molecular formula is C11H12ClF3N2O2. The van der Waals surface area contributed by atoms with Gasteiger partial charge in [0.1, 0.15) is 5.02 Å². The van der Waals surface area contributed by atoms with Crippen molar-refractivity contribution in [2.45, 2.75) is 19.1 Å². The maximum Gasteiger partial charge on any atom is 0.390 e. The van der Waals surface area contributed by atoms with E-state index >= 15 is 0 Å². The van der Waals surface area contributed by atoms with Gasteiger partial charge in [-0.2, -0.15) is 13.2 Å². The number of nitro benzene ring substituents is 1. The van der Waals surface area contributed by atoms with E-state index < -0.39 is 17.5 Å². The number of rotatable bonds is 5. The van der Waals surface area contributed by atoms with Gasteiger partial charge < -0.3 is 4.90 Å². The summed E-state index contributed by atoms with van der Waals surface area (Å²) < 4.78 is 36.1. The molecule has 0 N–H and O–H groups in total. The Bertz CT molecular complexity index is 466. The number of hydrogen-bond donors (Lipinski definition) is 0. The molecule has 106 valence electrons. The van der Waals surface area contributed by atoms with Gasteiger partial charge in [0, 0.05) is 19.2 Å². The average molecular weight is 297 g/mol. The minimum Gasteiger partial charge on any atom is -0.302 e. The first-order chi connectivity index (χ1) is 8.69. The number of benzene rings is 1. The van der Waals surface area contributed by atoms with Gasteiger partial charge in [-0.1, -0.05) is 17.7 Å². The molecule has 0 radical (unpaired) electrons. The number of alkyl halides is 3. The second-order valence-electron chi connectivity index (χ2n) is 4.15. The van der Waals surface area contributed by atoms with Crippen molar-refractivity contribution in [3.63, 3.8) is 0 Å². The van der Waals surface area contributed by atoms with Crippen molar-refractivity contribution >= 4 is 17.3 Å². The summed E-state index contributed by atoms with van der Waals surface area (Å²) in [6.07, 6.45) is -5.13. The lowest BCUT2D eigenvalue weighted by atomic mass is 10.2. The Kier molecular flexibility index (Phi) is 5.13. The average Bonchev–Trinajstić information content (AvgIpc) is 2.28. The van der Waals surface area contributed by atoms with E-state index in [1.165, 1.54) is 24.1 Å². The SMILES string of the molecule is CN(CCC(F)(F)F)Cc1ccc(Cl)c([N+](=O)[O-])c1. The van der Waals surface area contributed by atoms with Gasteiger partial charge in [0.05, 0.1) is 11.3 Å². The summed E-state index contributed by atoms with van der Waals surface area (Å²) in [5, 5.41) is 10.7. The first kappa shape index (κ1) is 15.7. The van der Waals surface area contributed by atoms with E-state index in [-0.39, 0.29) is 23.8 Å². The van der Waals surface area contributed by atoms with Crippen molar-refractivity contribution in [1.82, 2.24) is 4.90 Å². The lowest BCUT2D eigenvalue weighted by Gasteiger charge is -2.17. The van der Waals surface area contributed by atoms with Crippen LogP contribution in [0.4, 0.5) is 18.9 Å². The second-order valence-corrected chi connectivity index (χ2v) is 4.55. The van der Waals surface area contributed by atoms with Crippen LogP contribution in [0.1, 0.15) is 12.0 Å². The smallest absolute Gasteiger partial charge is 0.302 e. The Balaban J connectivity index is 2.67. The van der Waals surface area contributed by atoms with Crippen LogP contribution < -0.4 is 0 Å². The normalized spacial score (nSPS) is 11.9. The third-order valence-electron chi connectivity index (χ3n) is 2.44. The predicted octanol–water partition coefficient (Wildman–Crippen LogP) is 3.63. The van der Waals surface area contributed by atoms with Crippen molar-refractivity contribution in [2.75, 3.05) is 13.6 Å². The molecule has 0 unspecified atom stereocenters. The van der Waals surface area contributed by atoms with Gasteiger partial charge in [-0.25, -0.2) is 0 Å². The summed E-state index contributed by atoms with van der Waals surface area (Å²) >= 11 is 5.64. The first-order valence-electron chi connectivity index (χ1n) is 5.37. The number of nitrogens with zero attached hydrogens (tertiary/aromatic N) is 2. The summed E-state index contributed by atoms with van der Waals surface area (Å²) in [4.78, 5) is 11.5. The van der Waals surface area contributed by atoms with E-state index in [0.29, 0.717) is 5.56 Å². The summed E-state index contributed by atoms with van der Waals surface area (Å²) in [5.74, 6) is 0. The molecular weight excluding hydrogens is 285 g/mol. The van der Waals surface area contributed by atoms with Crippen LogP contribution in [-0.2, 0) is 6.54 Å². The summed E-state index contributed by atoms with van der Waals surface area (Å²) in [6.45, 7) is 0.0218. The minimum absolute atomic E-state index is 0.00620. The van der Waals surface area contributed by atoms with Crippen LogP contribution in [0, 0.1) is 10.1 Å². The van der Waals surface area contributed by atoms with Crippen molar-refractivity contribution < 1.29 is 18.1 Å². The zero-order valence-electron chi connectivity index (χ0n) is 10.1. The van der Waals surface area contributed by atoms with Crippen molar-refractivity contribution in [3.8, 4) is 0 Å². The molecule has 0 aliphatic heterocycles. The fraction of sp³-hybridized carbons (Fsp3) is 0.455. The van der Waals surface area contributed by atoms with E-state index in [2.05, 4.69) is 0 Å². The molecule has 0 spiro atoms. The van der Waals surface area contributed by atoms with Gasteiger partial charge in [-0.05, 0) is 18.7 Å². The molecule has 0 atom stereocenters. The fourth-order valence-electron chi connectivity index (χ4n) is 1.50. The highest BCUT2D eigenvalue weighted by atomic mass is 35.5. The van der Waals surface area contributed by atoms with E-state index in [4.69, 9.17) is 11.6 Å². The lowest BCUT2D eigenvalue weighted by Crippen LogP contribution is -2.24. The third-order valence-corrected chi connectivity index (χ3v) is 2.76. The lowest BCUT2D eigenvalue weighted by molar-refractivity contribution is -0.384. The van der Waals surface area contributed by atoms with Gasteiger partial charge in [-0.3, -0.25) is 10.1 Å². The Morgan fingerprint density at radius 3 is 2.58 bits per heavy atom. The second kappa shape index (κ2) is 6.21. The van der Waals surface area contributed by atoms with Crippen molar-refractivity contribution in [1.29, 1.82) is 0 Å². The molecule has 0 bridgehead atoms. The van der Waals surface area contributed by atoms with Gasteiger partial charge >= 0.3 is 6.18 Å². The number of nitro groups is 1. The molecule has 0 amide bonds. The highest BCUT2D eigenvalue weighted by Gasteiger charge is 2.27. The Morgan fingerprint density at radius 2 is 2.05 bits per heavy atom. The molecule has 8 heteroatoms. The Hall–Kier alpha value is -1.34. The quantitative estimate of drug-likeness (QED) is 0.615. The van der Waals surface area contributed by atoms with Gasteiger partial charge in [0.15, 0.2) is 0 Å². The Labute approximate surface area is 112 Å². The maximum atomic E-state index is 12.0. The molecule has 0 saturated carbocycles. The zero-order chi connectivity index (χ0) is 14.6. The largest absolute Gasteiger partial charge is 0.390 e. The summed E-state index contributed by atoms with van der Waals surface area (Å²) in [5.41, 5.74) is 0.296. The molecule has 1 rings (SSSR count). The summed E-state index contributed by atoms with van der Waals surface area (Å²) in [6, 6.07) is 4.19. The molecule has 0 aromatic heterocycles. The predicted molar refractivity (Wildman–Crippen MR) is 65.1 cm³/mol. The molecule has 1 aromatic carbocycles. The van der Waals surface area contributed by atoms with Crippen LogP contribution in [0.25, 0.3) is 0 Å². The van der Waals surface area contributed by atoms with E-state index in [9.17, 15) is 23.3 Å². The number of hydrogen-bond acceptors (Lipinski definition) is 3. The molecule has 0 aliphatic carbocycles. The van der Waals surface area contributed by atoms with E-state index in [1.807, 2.05) is 0 Å². The number of halogens is 4.